The molecule has 1 unspecified atom stereocenters. The van der Waals surface area contributed by atoms with Gasteiger partial charge in [-0.15, -0.1) is 0 Å². The number of nitrogens with two attached hydrogens (primary N) is 1. The molecule has 0 aliphatic carbocycles. The fraction of sp³-hybridized carbons (Fsp3) is 0.625. The molecule has 1 aromatic rings. The van der Waals surface area contributed by atoms with E-state index in [1.807, 2.05) is 0 Å². The second kappa shape index (κ2) is 6.51. The van der Waals surface area contributed by atoms with Gasteiger partial charge in [0.05, 0.1) is 0 Å². The number of likely N-dealkylation sites (tertiary alicyclic amines) is 1. The van der Waals surface area contributed by atoms with Gasteiger partial charge in [-0.25, -0.2) is 0 Å². The molecule has 1 aliphatic rings. The average molecular weight is 261 g/mol. The standard InChI is InChI=1S/C16H27N3/c1-13-4-6-14(7-5-13)16(17)12-19(3)15-8-10-18(2)11-9-15/h4-7,15-16H,8-12,17H2,1-3H3. The fourth-order valence-electron chi connectivity index (χ4n) is 2.81. The van der Waals surface area contributed by atoms with Gasteiger partial charge in [0.25, 0.3) is 0 Å². The number of rotatable bonds is 4. The van der Waals surface area contributed by atoms with Crippen molar-refractivity contribution in [2.75, 3.05) is 33.7 Å². The average Bonchev–Trinajstić information content (AvgIpc) is 2.40. The lowest BCUT2D eigenvalue weighted by Gasteiger charge is -2.36. The van der Waals surface area contributed by atoms with Crippen LogP contribution >= 0.6 is 0 Å². The van der Waals surface area contributed by atoms with Crippen LogP contribution in [0, 0.1) is 6.92 Å². The van der Waals surface area contributed by atoms with E-state index in [4.69, 9.17) is 5.73 Å². The van der Waals surface area contributed by atoms with Crippen LogP contribution in [-0.2, 0) is 0 Å². The lowest BCUT2D eigenvalue weighted by molar-refractivity contribution is 0.139. The van der Waals surface area contributed by atoms with E-state index in [1.54, 1.807) is 0 Å². The zero-order valence-corrected chi connectivity index (χ0v) is 12.5. The predicted octanol–water partition coefficient (Wildman–Crippen LogP) is 2.02. The molecule has 3 nitrogen and oxygen atoms in total. The van der Waals surface area contributed by atoms with Gasteiger partial charge in [0, 0.05) is 18.6 Å². The Kier molecular flexibility index (Phi) is 4.97. The van der Waals surface area contributed by atoms with E-state index in [9.17, 15) is 0 Å². The van der Waals surface area contributed by atoms with Crippen LogP contribution in [0.2, 0.25) is 0 Å². The molecule has 1 fully saturated rings. The highest BCUT2D eigenvalue weighted by atomic mass is 15.2. The van der Waals surface area contributed by atoms with Gasteiger partial charge in [0.2, 0.25) is 0 Å². The van der Waals surface area contributed by atoms with Gasteiger partial charge >= 0.3 is 0 Å². The molecule has 0 aromatic heterocycles. The number of benzene rings is 1. The van der Waals surface area contributed by atoms with Gasteiger partial charge in [0.15, 0.2) is 0 Å². The number of piperidine rings is 1. The van der Waals surface area contributed by atoms with Crippen molar-refractivity contribution in [2.24, 2.45) is 5.73 Å². The third-order valence-electron chi connectivity index (χ3n) is 4.30. The van der Waals surface area contributed by atoms with E-state index in [1.165, 1.54) is 37.1 Å². The van der Waals surface area contributed by atoms with Crippen molar-refractivity contribution in [3.05, 3.63) is 35.4 Å². The van der Waals surface area contributed by atoms with E-state index in [0.717, 1.165) is 6.54 Å². The van der Waals surface area contributed by atoms with Crippen LogP contribution in [0.5, 0.6) is 0 Å². The molecule has 1 atom stereocenters. The monoisotopic (exact) mass is 261 g/mol. The highest BCUT2D eigenvalue weighted by molar-refractivity contribution is 5.24. The largest absolute Gasteiger partial charge is 0.323 e. The molecule has 1 aromatic carbocycles. The lowest BCUT2D eigenvalue weighted by Crippen LogP contribution is -2.44. The summed E-state index contributed by atoms with van der Waals surface area (Å²) in [6.45, 7) is 5.46. The van der Waals surface area contributed by atoms with Gasteiger partial charge in [-0.1, -0.05) is 29.8 Å². The summed E-state index contributed by atoms with van der Waals surface area (Å²) in [6, 6.07) is 9.40. The molecule has 0 bridgehead atoms. The number of aryl methyl sites for hydroxylation is 1. The maximum Gasteiger partial charge on any atom is 0.0424 e. The summed E-state index contributed by atoms with van der Waals surface area (Å²) in [7, 11) is 4.41. The van der Waals surface area contributed by atoms with E-state index in [0.29, 0.717) is 6.04 Å². The van der Waals surface area contributed by atoms with Crippen LogP contribution < -0.4 is 5.73 Å². The Morgan fingerprint density at radius 2 is 1.84 bits per heavy atom. The molecule has 1 saturated heterocycles. The quantitative estimate of drug-likeness (QED) is 0.900. The first-order valence-corrected chi connectivity index (χ1v) is 7.27. The first kappa shape index (κ1) is 14.5. The Balaban J connectivity index is 1.87. The molecule has 0 amide bonds. The summed E-state index contributed by atoms with van der Waals surface area (Å²) >= 11 is 0. The molecule has 106 valence electrons. The Labute approximate surface area is 117 Å². The van der Waals surface area contributed by atoms with Gasteiger partial charge in [-0.05, 0) is 52.5 Å². The molecule has 2 N–H and O–H groups in total. The van der Waals surface area contributed by atoms with Crippen LogP contribution in [0.4, 0.5) is 0 Å². The van der Waals surface area contributed by atoms with E-state index >= 15 is 0 Å². The second-order valence-corrected chi connectivity index (χ2v) is 5.99. The summed E-state index contributed by atoms with van der Waals surface area (Å²) < 4.78 is 0. The summed E-state index contributed by atoms with van der Waals surface area (Å²) in [4.78, 5) is 4.85. The first-order valence-electron chi connectivity index (χ1n) is 7.27. The molecular formula is C16H27N3. The zero-order valence-electron chi connectivity index (χ0n) is 12.5. The maximum atomic E-state index is 6.33. The Bertz CT molecular complexity index is 379. The van der Waals surface area contributed by atoms with Gasteiger partial charge in [-0.3, -0.25) is 0 Å². The molecule has 0 spiro atoms. The molecule has 1 aliphatic heterocycles. The van der Waals surface area contributed by atoms with Gasteiger partial charge < -0.3 is 15.5 Å². The third kappa shape index (κ3) is 4.03. The Hall–Kier alpha value is -0.900. The van der Waals surface area contributed by atoms with E-state index < -0.39 is 0 Å². The number of likely N-dealkylation sites (N-methyl/N-ethyl adjacent to an activating group) is 1. The minimum Gasteiger partial charge on any atom is -0.323 e. The van der Waals surface area contributed by atoms with E-state index in [2.05, 4.69) is 55.1 Å². The molecule has 2 rings (SSSR count). The topological polar surface area (TPSA) is 32.5 Å². The van der Waals surface area contributed by atoms with Crippen molar-refractivity contribution in [1.29, 1.82) is 0 Å². The zero-order chi connectivity index (χ0) is 13.8. The van der Waals surface area contributed by atoms with Crippen LogP contribution in [0.1, 0.15) is 30.0 Å². The minimum absolute atomic E-state index is 0.116. The predicted molar refractivity (Wildman–Crippen MR) is 81.3 cm³/mol. The summed E-state index contributed by atoms with van der Waals surface area (Å²) in [6.07, 6.45) is 2.52. The SMILES string of the molecule is Cc1ccc(C(N)CN(C)C2CCN(C)CC2)cc1. The summed E-state index contributed by atoms with van der Waals surface area (Å²) in [5.74, 6) is 0. The number of nitrogens with zero attached hydrogens (tertiary/aromatic N) is 2. The van der Waals surface area contributed by atoms with Crippen molar-refractivity contribution in [2.45, 2.75) is 31.8 Å². The molecule has 19 heavy (non-hydrogen) atoms. The van der Waals surface area contributed by atoms with Crippen LogP contribution in [-0.4, -0.2) is 49.6 Å². The van der Waals surface area contributed by atoms with E-state index in [-0.39, 0.29) is 6.04 Å². The highest BCUT2D eigenvalue weighted by Gasteiger charge is 2.22. The molecule has 0 saturated carbocycles. The summed E-state index contributed by atoms with van der Waals surface area (Å²) in [5.41, 5.74) is 8.86. The van der Waals surface area contributed by atoms with Crippen molar-refractivity contribution < 1.29 is 0 Å². The lowest BCUT2D eigenvalue weighted by atomic mass is 10.0. The number of hydrogen-bond acceptors (Lipinski definition) is 3. The Morgan fingerprint density at radius 3 is 2.42 bits per heavy atom. The van der Waals surface area contributed by atoms with Gasteiger partial charge in [-0.2, -0.15) is 0 Å². The highest BCUT2D eigenvalue weighted by Crippen LogP contribution is 2.18. The fourth-order valence-corrected chi connectivity index (χ4v) is 2.81. The van der Waals surface area contributed by atoms with Gasteiger partial charge in [0.1, 0.15) is 0 Å². The molecule has 1 heterocycles. The van der Waals surface area contributed by atoms with Crippen LogP contribution in [0.3, 0.4) is 0 Å². The third-order valence-corrected chi connectivity index (χ3v) is 4.30. The minimum atomic E-state index is 0.116. The van der Waals surface area contributed by atoms with Crippen molar-refractivity contribution >= 4 is 0 Å². The van der Waals surface area contributed by atoms with Crippen molar-refractivity contribution in [1.82, 2.24) is 9.80 Å². The number of hydrogen-bond donors (Lipinski definition) is 1. The second-order valence-electron chi connectivity index (χ2n) is 5.99. The Morgan fingerprint density at radius 1 is 1.26 bits per heavy atom. The molecule has 0 radical (unpaired) electrons. The van der Waals surface area contributed by atoms with Crippen LogP contribution in [0.25, 0.3) is 0 Å². The van der Waals surface area contributed by atoms with Crippen LogP contribution in [0.15, 0.2) is 24.3 Å². The maximum absolute atomic E-state index is 6.33. The summed E-state index contributed by atoms with van der Waals surface area (Å²) in [5, 5.41) is 0. The molecule has 3 heteroatoms. The first-order chi connectivity index (χ1) is 9.06. The van der Waals surface area contributed by atoms with Crippen molar-refractivity contribution in [3.8, 4) is 0 Å². The van der Waals surface area contributed by atoms with Crippen molar-refractivity contribution in [3.63, 3.8) is 0 Å². The molecular weight excluding hydrogens is 234 g/mol. The normalized spacial score (nSPS) is 19.8. The smallest absolute Gasteiger partial charge is 0.0424 e.